The second kappa shape index (κ2) is 13.4. The lowest BCUT2D eigenvalue weighted by Gasteiger charge is -2.21. The first kappa shape index (κ1) is 26.2. The minimum atomic E-state index is -0.335. The second-order valence-corrected chi connectivity index (χ2v) is 9.26. The van der Waals surface area contributed by atoms with Crippen LogP contribution in [0, 0.1) is 5.92 Å². The minimum Gasteiger partial charge on any atom is -0.490 e. The summed E-state index contributed by atoms with van der Waals surface area (Å²) in [6, 6.07) is 23.6. The Labute approximate surface area is 222 Å². The number of carbonyl (C=O) groups is 2. The largest absolute Gasteiger partial charge is 0.490 e. The average molecular weight is 518 g/mol. The van der Waals surface area contributed by atoms with Gasteiger partial charge in [-0.1, -0.05) is 43.5 Å². The van der Waals surface area contributed by atoms with Crippen LogP contribution in [0.3, 0.4) is 0 Å². The number of hydrogen-bond acceptors (Lipinski definition) is 5. The Bertz CT molecular complexity index is 1200. The third-order valence-electron chi connectivity index (χ3n) is 6.07. The maximum atomic E-state index is 12.6. The molecule has 1 aliphatic carbocycles. The molecule has 0 saturated heterocycles. The molecule has 1 saturated carbocycles. The number of hydrogen-bond donors (Lipinski definition) is 3. The summed E-state index contributed by atoms with van der Waals surface area (Å²) < 4.78 is 11.3. The number of amides is 2. The zero-order valence-electron chi connectivity index (χ0n) is 20.6. The second-order valence-electron chi connectivity index (χ2n) is 8.85. The van der Waals surface area contributed by atoms with Gasteiger partial charge in [0.05, 0.1) is 0 Å². The number of para-hydroxylation sites is 1. The van der Waals surface area contributed by atoms with Gasteiger partial charge in [-0.3, -0.25) is 14.9 Å². The molecule has 0 unspecified atom stereocenters. The van der Waals surface area contributed by atoms with Gasteiger partial charge in [0, 0.05) is 22.9 Å². The van der Waals surface area contributed by atoms with Gasteiger partial charge in [-0.15, -0.1) is 0 Å². The fourth-order valence-corrected chi connectivity index (χ4v) is 4.37. The van der Waals surface area contributed by atoms with E-state index in [4.69, 9.17) is 21.7 Å². The molecule has 1 fully saturated rings. The molecule has 7 nitrogen and oxygen atoms in total. The molecule has 3 N–H and O–H groups in total. The van der Waals surface area contributed by atoms with Crippen molar-refractivity contribution in [2.75, 3.05) is 23.8 Å². The van der Waals surface area contributed by atoms with Gasteiger partial charge in [-0.2, -0.15) is 0 Å². The van der Waals surface area contributed by atoms with Gasteiger partial charge in [0.25, 0.3) is 5.91 Å². The molecular weight excluding hydrogens is 486 g/mol. The third kappa shape index (κ3) is 8.32. The molecule has 2 amide bonds. The number of carbonyl (C=O) groups excluding carboxylic acids is 2. The molecule has 0 bridgehead atoms. The Kier molecular flexibility index (Phi) is 9.48. The van der Waals surface area contributed by atoms with Crippen LogP contribution in [0.25, 0.3) is 0 Å². The third-order valence-corrected chi connectivity index (χ3v) is 6.28. The summed E-state index contributed by atoms with van der Waals surface area (Å²) in [5, 5.41) is 8.84. The molecule has 37 heavy (non-hydrogen) atoms. The molecule has 192 valence electrons. The number of thiocarbonyl (C=S) groups is 1. The molecule has 0 aromatic heterocycles. The van der Waals surface area contributed by atoms with Gasteiger partial charge in [-0.05, 0) is 79.7 Å². The first-order chi connectivity index (χ1) is 18.1. The fourth-order valence-electron chi connectivity index (χ4n) is 4.16. The zero-order chi connectivity index (χ0) is 25.9. The molecule has 1 aliphatic rings. The summed E-state index contributed by atoms with van der Waals surface area (Å²) in [4.78, 5) is 25.1. The van der Waals surface area contributed by atoms with E-state index in [0.29, 0.717) is 35.9 Å². The van der Waals surface area contributed by atoms with Crippen molar-refractivity contribution in [1.82, 2.24) is 5.32 Å². The van der Waals surface area contributed by atoms with Crippen LogP contribution in [-0.2, 0) is 4.79 Å². The van der Waals surface area contributed by atoms with E-state index in [1.54, 1.807) is 30.3 Å². The number of ether oxygens (including phenoxy) is 2. The SMILES string of the molecule is O=C(NC(=S)Nc1cccc(NC(=O)C2CCCCC2)c1)c1ccc(OCCOc2ccccc2)cc1. The summed E-state index contributed by atoms with van der Waals surface area (Å²) in [5.74, 6) is 1.23. The van der Waals surface area contributed by atoms with Crippen LogP contribution in [0.1, 0.15) is 42.5 Å². The first-order valence-electron chi connectivity index (χ1n) is 12.5. The normalized spacial score (nSPS) is 13.3. The first-order valence-corrected chi connectivity index (χ1v) is 12.9. The maximum absolute atomic E-state index is 12.6. The van der Waals surface area contributed by atoms with Gasteiger partial charge in [0.2, 0.25) is 5.91 Å². The Hall–Kier alpha value is -3.91. The summed E-state index contributed by atoms with van der Waals surface area (Å²) in [5.41, 5.74) is 1.82. The van der Waals surface area contributed by atoms with E-state index in [-0.39, 0.29) is 22.8 Å². The van der Waals surface area contributed by atoms with Gasteiger partial charge in [0.15, 0.2) is 5.11 Å². The molecule has 0 aliphatic heterocycles. The van der Waals surface area contributed by atoms with E-state index in [0.717, 1.165) is 31.4 Å². The topological polar surface area (TPSA) is 88.7 Å². The summed E-state index contributed by atoms with van der Waals surface area (Å²) in [6.45, 7) is 0.798. The lowest BCUT2D eigenvalue weighted by molar-refractivity contribution is -0.120. The Morgan fingerprint density at radius 1 is 0.757 bits per heavy atom. The number of benzene rings is 3. The van der Waals surface area contributed by atoms with Crippen molar-refractivity contribution in [2.45, 2.75) is 32.1 Å². The number of rotatable bonds is 9. The Morgan fingerprint density at radius 2 is 1.38 bits per heavy atom. The van der Waals surface area contributed by atoms with Crippen LogP contribution >= 0.6 is 12.2 Å². The van der Waals surface area contributed by atoms with Crippen molar-refractivity contribution in [1.29, 1.82) is 0 Å². The molecular formula is C29H31N3O4S. The molecule has 0 radical (unpaired) electrons. The van der Waals surface area contributed by atoms with Crippen LogP contribution in [0.4, 0.5) is 11.4 Å². The van der Waals surface area contributed by atoms with Gasteiger partial charge in [-0.25, -0.2) is 0 Å². The highest BCUT2D eigenvalue weighted by atomic mass is 32.1. The lowest BCUT2D eigenvalue weighted by Crippen LogP contribution is -2.34. The molecule has 0 heterocycles. The van der Waals surface area contributed by atoms with E-state index in [1.165, 1.54) is 6.42 Å². The van der Waals surface area contributed by atoms with Gasteiger partial charge in [0.1, 0.15) is 24.7 Å². The number of anilines is 2. The van der Waals surface area contributed by atoms with Crippen molar-refractivity contribution in [3.8, 4) is 11.5 Å². The van der Waals surface area contributed by atoms with Gasteiger partial charge >= 0.3 is 0 Å². The molecule has 3 aromatic rings. The maximum Gasteiger partial charge on any atom is 0.257 e. The van der Waals surface area contributed by atoms with Crippen LogP contribution < -0.4 is 25.4 Å². The van der Waals surface area contributed by atoms with E-state index < -0.39 is 0 Å². The van der Waals surface area contributed by atoms with Crippen LogP contribution in [-0.4, -0.2) is 30.1 Å². The highest BCUT2D eigenvalue weighted by molar-refractivity contribution is 7.80. The van der Waals surface area contributed by atoms with Crippen LogP contribution in [0.2, 0.25) is 0 Å². The summed E-state index contributed by atoms with van der Waals surface area (Å²) in [7, 11) is 0. The van der Waals surface area contributed by atoms with Crippen molar-refractivity contribution in [3.63, 3.8) is 0 Å². The van der Waals surface area contributed by atoms with Crippen molar-refractivity contribution >= 4 is 40.5 Å². The smallest absolute Gasteiger partial charge is 0.257 e. The zero-order valence-corrected chi connectivity index (χ0v) is 21.4. The standard InChI is InChI=1S/C29H31N3O4S/c33-27(21-8-3-1-4-9-21)30-23-10-7-11-24(20-23)31-29(37)32-28(34)22-14-16-26(17-15-22)36-19-18-35-25-12-5-2-6-13-25/h2,5-7,10-17,20-21H,1,3-4,8-9,18-19H2,(H,30,33)(H2,31,32,34,37). The summed E-state index contributed by atoms with van der Waals surface area (Å²) in [6.07, 6.45) is 5.29. The average Bonchev–Trinajstić information content (AvgIpc) is 2.92. The molecule has 8 heteroatoms. The van der Waals surface area contributed by atoms with Crippen LogP contribution in [0.15, 0.2) is 78.9 Å². The predicted octanol–water partition coefficient (Wildman–Crippen LogP) is 5.79. The van der Waals surface area contributed by atoms with E-state index >= 15 is 0 Å². The predicted molar refractivity (Wildman–Crippen MR) is 149 cm³/mol. The van der Waals surface area contributed by atoms with E-state index in [2.05, 4.69) is 16.0 Å². The fraction of sp³-hybridized carbons (Fsp3) is 0.276. The highest BCUT2D eigenvalue weighted by Crippen LogP contribution is 2.25. The molecule has 0 spiro atoms. The van der Waals surface area contributed by atoms with E-state index in [1.807, 2.05) is 48.5 Å². The molecule has 0 atom stereocenters. The summed E-state index contributed by atoms with van der Waals surface area (Å²) >= 11 is 5.31. The van der Waals surface area contributed by atoms with Crippen molar-refractivity contribution in [2.24, 2.45) is 5.92 Å². The van der Waals surface area contributed by atoms with Gasteiger partial charge < -0.3 is 20.1 Å². The van der Waals surface area contributed by atoms with E-state index in [9.17, 15) is 9.59 Å². The monoisotopic (exact) mass is 517 g/mol. The minimum absolute atomic E-state index is 0.0591. The number of nitrogens with one attached hydrogen (secondary N) is 3. The molecule has 4 rings (SSSR count). The highest BCUT2D eigenvalue weighted by Gasteiger charge is 2.21. The Morgan fingerprint density at radius 3 is 2.05 bits per heavy atom. The molecule has 3 aromatic carbocycles. The lowest BCUT2D eigenvalue weighted by atomic mass is 9.88. The van der Waals surface area contributed by atoms with Crippen molar-refractivity contribution < 1.29 is 19.1 Å². The Balaban J connectivity index is 1.21. The van der Waals surface area contributed by atoms with Crippen LogP contribution in [0.5, 0.6) is 11.5 Å². The van der Waals surface area contributed by atoms with Crippen molar-refractivity contribution in [3.05, 3.63) is 84.4 Å². The quantitative estimate of drug-likeness (QED) is 0.246.